The quantitative estimate of drug-likeness (QED) is 0.477. The lowest BCUT2D eigenvalue weighted by Crippen LogP contribution is -2.56. The molecule has 1 aliphatic carbocycles. The molecule has 10 heteroatoms. The second kappa shape index (κ2) is 11.1. The number of hydrogen-bond donors (Lipinski definition) is 2. The van der Waals surface area contributed by atoms with E-state index in [1.165, 1.54) is 42.4 Å². The van der Waals surface area contributed by atoms with Gasteiger partial charge in [0.2, 0.25) is 5.91 Å². The summed E-state index contributed by atoms with van der Waals surface area (Å²) in [6.07, 6.45) is 2.79. The molecular weight excluding hydrogens is 560 g/mol. The largest absolute Gasteiger partial charge is 0.354 e. The summed E-state index contributed by atoms with van der Waals surface area (Å²) in [7, 11) is 0. The van der Waals surface area contributed by atoms with Crippen molar-refractivity contribution in [3.05, 3.63) is 50.8 Å². The van der Waals surface area contributed by atoms with E-state index in [1.54, 1.807) is 6.07 Å². The molecule has 4 rings (SSSR count). The molecule has 34 heavy (non-hydrogen) atoms. The van der Waals surface area contributed by atoms with Crippen LogP contribution in [-0.2, 0) is 9.59 Å². The topological polar surface area (TPSA) is 64.7 Å². The summed E-state index contributed by atoms with van der Waals surface area (Å²) in [5.41, 5.74) is -0.459. The van der Waals surface area contributed by atoms with Crippen molar-refractivity contribution in [3.8, 4) is 0 Å². The van der Waals surface area contributed by atoms with Gasteiger partial charge in [0.05, 0.1) is 22.9 Å². The molecule has 2 aliphatic heterocycles. The first-order valence-corrected chi connectivity index (χ1v) is 12.7. The average Bonchev–Trinajstić information content (AvgIpc) is 2.78. The molecular formula is C24H28F3IN4O2. The molecule has 0 bridgehead atoms. The molecule has 1 aromatic carbocycles. The monoisotopic (exact) mass is 588 g/mol. The molecule has 1 aromatic rings. The molecule has 0 aromatic heterocycles. The van der Waals surface area contributed by atoms with Crippen molar-refractivity contribution in [2.45, 2.75) is 31.9 Å². The van der Waals surface area contributed by atoms with Crippen LogP contribution in [0, 0.1) is 15.3 Å². The maximum atomic E-state index is 14.7. The molecule has 2 saturated heterocycles. The normalized spacial score (nSPS) is 21.7. The van der Waals surface area contributed by atoms with Crippen LogP contribution in [0.5, 0.6) is 0 Å². The zero-order valence-corrected chi connectivity index (χ0v) is 20.9. The molecule has 2 fully saturated rings. The second-order valence-corrected chi connectivity index (χ2v) is 10.1. The summed E-state index contributed by atoms with van der Waals surface area (Å²) in [5, 5.41) is 5.50. The second-order valence-electron chi connectivity index (χ2n) is 8.89. The summed E-state index contributed by atoms with van der Waals surface area (Å²) in [6.45, 7) is 3.91. The standard InChI is InChI=1S/C24H28F3IN4O2/c25-18-6-5-17(22(21(18)27)30-20-7-4-16(28)12-19(20)26)24(34)32-13-15(14-32)23(33)29-8-11-31-9-2-1-3-10-31/h4-5,7,12,15,18,30H,1-3,6,8-11,13-14H2,(H,29,33). The Morgan fingerprint density at radius 3 is 2.56 bits per heavy atom. The fraction of sp³-hybridized carbons (Fsp3) is 0.500. The molecule has 0 spiro atoms. The maximum Gasteiger partial charge on any atom is 0.255 e. The first-order valence-electron chi connectivity index (χ1n) is 11.6. The maximum absolute atomic E-state index is 14.7. The van der Waals surface area contributed by atoms with Crippen LogP contribution < -0.4 is 10.6 Å². The van der Waals surface area contributed by atoms with Gasteiger partial charge < -0.3 is 20.4 Å². The molecule has 0 radical (unpaired) electrons. The highest BCUT2D eigenvalue weighted by Gasteiger charge is 2.39. The van der Waals surface area contributed by atoms with Gasteiger partial charge in [-0.3, -0.25) is 9.59 Å². The number of carbonyl (C=O) groups is 2. The Bertz CT molecular complexity index is 1000. The third-order valence-electron chi connectivity index (χ3n) is 6.45. The summed E-state index contributed by atoms with van der Waals surface area (Å²) in [4.78, 5) is 29.2. The number of halogens is 4. The van der Waals surface area contributed by atoms with Gasteiger partial charge in [-0.2, -0.15) is 0 Å². The van der Waals surface area contributed by atoms with E-state index in [4.69, 9.17) is 0 Å². The fourth-order valence-corrected chi connectivity index (χ4v) is 4.86. The van der Waals surface area contributed by atoms with Crippen LogP contribution in [0.25, 0.3) is 0 Å². The van der Waals surface area contributed by atoms with Crippen LogP contribution in [0.4, 0.5) is 18.9 Å². The van der Waals surface area contributed by atoms with Gasteiger partial charge in [-0.1, -0.05) is 12.5 Å². The third kappa shape index (κ3) is 5.76. The lowest BCUT2D eigenvalue weighted by Gasteiger charge is -2.39. The van der Waals surface area contributed by atoms with Crippen molar-refractivity contribution in [2.75, 3.05) is 44.6 Å². The van der Waals surface area contributed by atoms with Gasteiger partial charge in [-0.05, 0) is 66.7 Å². The third-order valence-corrected chi connectivity index (χ3v) is 7.12. The number of carbonyl (C=O) groups excluding carboxylic acids is 2. The number of nitrogens with zero attached hydrogens (tertiary/aromatic N) is 2. The minimum atomic E-state index is -1.90. The first kappa shape index (κ1) is 25.0. The number of hydrogen-bond acceptors (Lipinski definition) is 4. The number of allylic oxidation sites excluding steroid dienone is 2. The minimum Gasteiger partial charge on any atom is -0.354 e. The molecule has 2 N–H and O–H groups in total. The fourth-order valence-electron chi connectivity index (χ4n) is 4.40. The van der Waals surface area contributed by atoms with Crippen molar-refractivity contribution < 1.29 is 22.8 Å². The lowest BCUT2D eigenvalue weighted by molar-refractivity contribution is -0.140. The van der Waals surface area contributed by atoms with Crippen molar-refractivity contribution in [2.24, 2.45) is 5.92 Å². The number of piperidine rings is 1. The molecule has 2 amide bonds. The van der Waals surface area contributed by atoms with E-state index < -0.39 is 23.7 Å². The van der Waals surface area contributed by atoms with Gasteiger partial charge in [0.1, 0.15) is 5.82 Å². The van der Waals surface area contributed by atoms with Gasteiger partial charge in [-0.25, -0.2) is 13.2 Å². The van der Waals surface area contributed by atoms with Crippen LogP contribution >= 0.6 is 22.6 Å². The number of alkyl halides is 1. The van der Waals surface area contributed by atoms with E-state index in [9.17, 15) is 22.8 Å². The highest BCUT2D eigenvalue weighted by molar-refractivity contribution is 14.1. The Hall–Kier alpha value is -2.08. The van der Waals surface area contributed by atoms with E-state index in [0.29, 0.717) is 10.1 Å². The van der Waals surface area contributed by atoms with Crippen molar-refractivity contribution in [1.82, 2.24) is 15.1 Å². The molecule has 1 atom stereocenters. The summed E-state index contributed by atoms with van der Waals surface area (Å²) >= 11 is 1.94. The zero-order valence-electron chi connectivity index (χ0n) is 18.8. The van der Waals surface area contributed by atoms with E-state index in [0.717, 1.165) is 19.6 Å². The predicted molar refractivity (Wildman–Crippen MR) is 132 cm³/mol. The molecule has 1 unspecified atom stereocenters. The van der Waals surface area contributed by atoms with Crippen LogP contribution in [0.15, 0.2) is 41.4 Å². The van der Waals surface area contributed by atoms with Crippen LogP contribution in [0.1, 0.15) is 25.7 Å². The highest BCUT2D eigenvalue weighted by Crippen LogP contribution is 2.33. The average molecular weight is 588 g/mol. The number of likely N-dealkylation sites (tertiary alicyclic amines) is 2. The van der Waals surface area contributed by atoms with Crippen molar-refractivity contribution in [1.29, 1.82) is 0 Å². The highest BCUT2D eigenvalue weighted by atomic mass is 127. The smallest absolute Gasteiger partial charge is 0.255 e. The Balaban J connectivity index is 1.33. The molecule has 2 heterocycles. The number of nitrogens with one attached hydrogen (secondary N) is 2. The van der Waals surface area contributed by atoms with Crippen LogP contribution in [0.2, 0.25) is 0 Å². The van der Waals surface area contributed by atoms with Crippen LogP contribution in [-0.4, -0.2) is 67.1 Å². The van der Waals surface area contributed by atoms with Gasteiger partial charge in [0.25, 0.3) is 5.91 Å². The number of rotatable bonds is 7. The summed E-state index contributed by atoms with van der Waals surface area (Å²) < 4.78 is 43.7. The first-order chi connectivity index (χ1) is 16.3. The van der Waals surface area contributed by atoms with Crippen molar-refractivity contribution in [3.63, 3.8) is 0 Å². The lowest BCUT2D eigenvalue weighted by atomic mass is 9.94. The Morgan fingerprint density at radius 2 is 1.85 bits per heavy atom. The molecule has 184 valence electrons. The number of amides is 2. The summed E-state index contributed by atoms with van der Waals surface area (Å²) in [5.74, 6) is -2.71. The number of anilines is 1. The van der Waals surface area contributed by atoms with Crippen molar-refractivity contribution >= 4 is 40.1 Å². The molecule has 3 aliphatic rings. The molecule has 6 nitrogen and oxygen atoms in total. The van der Waals surface area contributed by atoms with Gasteiger partial charge in [0, 0.05) is 36.2 Å². The van der Waals surface area contributed by atoms with Gasteiger partial charge >= 0.3 is 0 Å². The van der Waals surface area contributed by atoms with E-state index >= 15 is 0 Å². The Morgan fingerprint density at radius 1 is 1.12 bits per heavy atom. The Labute approximate surface area is 210 Å². The number of benzene rings is 1. The van der Waals surface area contributed by atoms with E-state index in [2.05, 4.69) is 15.5 Å². The minimum absolute atomic E-state index is 0.0479. The van der Waals surface area contributed by atoms with E-state index in [1.807, 2.05) is 22.6 Å². The predicted octanol–water partition coefficient (Wildman–Crippen LogP) is 3.75. The summed E-state index contributed by atoms with van der Waals surface area (Å²) in [6, 6.07) is 4.29. The zero-order chi connectivity index (χ0) is 24.2. The molecule has 0 saturated carbocycles. The van der Waals surface area contributed by atoms with Gasteiger partial charge in [0.15, 0.2) is 12.0 Å². The van der Waals surface area contributed by atoms with E-state index in [-0.39, 0.29) is 48.3 Å². The van der Waals surface area contributed by atoms with Gasteiger partial charge in [-0.15, -0.1) is 0 Å². The SMILES string of the molecule is O=C(NCCN1CCCCC1)C1CN(C(=O)C2=CCC(F)C(F)=C2Nc2ccc(I)cc2F)C1. The Kier molecular flexibility index (Phi) is 8.18. The van der Waals surface area contributed by atoms with Crippen LogP contribution in [0.3, 0.4) is 0 Å².